The molecule has 0 aliphatic carbocycles. The number of nitrogens with zero attached hydrogens (tertiary/aromatic N) is 3. The first-order chi connectivity index (χ1) is 7.27. The average molecular weight is 205 g/mol. The first kappa shape index (κ1) is 11.1. The quantitative estimate of drug-likeness (QED) is 0.326. The van der Waals surface area contributed by atoms with Gasteiger partial charge in [-0.25, -0.2) is 0 Å². The van der Waals surface area contributed by atoms with E-state index in [0.717, 1.165) is 5.56 Å². The number of azide groups is 1. The molecule has 0 fully saturated rings. The Morgan fingerprint density at radius 1 is 1.53 bits per heavy atom. The number of ether oxygens (including phenoxy) is 1. The molecule has 1 aromatic rings. The Bertz CT molecular complexity index is 372. The molecule has 0 N–H and O–H groups in total. The summed E-state index contributed by atoms with van der Waals surface area (Å²) in [5.41, 5.74) is 9.24. The molecule has 0 heterocycles. The number of methoxy groups -OCH3 is 1. The van der Waals surface area contributed by atoms with Crippen molar-refractivity contribution in [3.05, 3.63) is 46.3 Å². The van der Waals surface area contributed by atoms with E-state index < -0.39 is 12.0 Å². The fraction of sp³-hybridized carbons (Fsp3) is 0.300. The SMILES string of the molecule is COC(=O)C(Cc1ccccc1)N=[N+]=[N-]. The zero-order chi connectivity index (χ0) is 11.1. The van der Waals surface area contributed by atoms with Crippen LogP contribution in [0, 0.1) is 0 Å². The van der Waals surface area contributed by atoms with Crippen LogP contribution in [-0.2, 0) is 16.0 Å². The van der Waals surface area contributed by atoms with Crippen LogP contribution in [0.25, 0.3) is 10.4 Å². The van der Waals surface area contributed by atoms with E-state index in [4.69, 9.17) is 5.53 Å². The summed E-state index contributed by atoms with van der Waals surface area (Å²) in [6, 6.07) is 8.54. The third kappa shape index (κ3) is 3.32. The van der Waals surface area contributed by atoms with Crippen LogP contribution in [0.5, 0.6) is 0 Å². The number of carbonyl (C=O) groups is 1. The number of carbonyl (C=O) groups excluding carboxylic acids is 1. The molecule has 0 spiro atoms. The van der Waals surface area contributed by atoms with Crippen molar-refractivity contribution in [3.63, 3.8) is 0 Å². The Labute approximate surface area is 87.3 Å². The van der Waals surface area contributed by atoms with Gasteiger partial charge in [0.1, 0.15) is 6.04 Å². The number of benzene rings is 1. The second-order valence-corrected chi connectivity index (χ2v) is 2.93. The minimum Gasteiger partial charge on any atom is -0.469 e. The van der Waals surface area contributed by atoms with E-state index in [1.807, 2.05) is 30.3 Å². The lowest BCUT2D eigenvalue weighted by Crippen LogP contribution is -2.22. The molecule has 15 heavy (non-hydrogen) atoms. The van der Waals surface area contributed by atoms with Gasteiger partial charge in [0.2, 0.25) is 0 Å². The Hall–Kier alpha value is -2.00. The highest BCUT2D eigenvalue weighted by Crippen LogP contribution is 2.07. The Balaban J connectivity index is 2.75. The van der Waals surface area contributed by atoms with Crippen molar-refractivity contribution in [1.82, 2.24) is 0 Å². The maximum Gasteiger partial charge on any atom is 0.314 e. The number of hydrogen-bond acceptors (Lipinski definition) is 3. The van der Waals surface area contributed by atoms with Crippen LogP contribution in [0.1, 0.15) is 5.56 Å². The lowest BCUT2D eigenvalue weighted by atomic mass is 10.1. The predicted octanol–water partition coefficient (Wildman–Crippen LogP) is 2.08. The standard InChI is InChI=1S/C10H11N3O2/c1-15-10(14)9(12-13-11)7-8-5-3-2-4-6-8/h2-6,9H,7H2,1H3. The molecule has 5 heteroatoms. The van der Waals surface area contributed by atoms with Crippen molar-refractivity contribution >= 4 is 5.97 Å². The predicted molar refractivity (Wildman–Crippen MR) is 55.1 cm³/mol. The summed E-state index contributed by atoms with van der Waals surface area (Å²) >= 11 is 0. The van der Waals surface area contributed by atoms with Gasteiger partial charge in [0.25, 0.3) is 0 Å². The van der Waals surface area contributed by atoms with Gasteiger partial charge in [0.15, 0.2) is 0 Å². The molecule has 0 bridgehead atoms. The number of rotatable bonds is 4. The minimum atomic E-state index is -0.789. The van der Waals surface area contributed by atoms with Crippen LogP contribution < -0.4 is 0 Å². The van der Waals surface area contributed by atoms with E-state index in [0.29, 0.717) is 6.42 Å². The number of esters is 1. The zero-order valence-corrected chi connectivity index (χ0v) is 8.33. The van der Waals surface area contributed by atoms with Gasteiger partial charge in [-0.2, -0.15) is 0 Å². The normalized spacial score (nSPS) is 11.3. The Morgan fingerprint density at radius 2 is 2.20 bits per heavy atom. The smallest absolute Gasteiger partial charge is 0.314 e. The van der Waals surface area contributed by atoms with E-state index in [1.54, 1.807) is 0 Å². The topological polar surface area (TPSA) is 75.1 Å². The van der Waals surface area contributed by atoms with Crippen molar-refractivity contribution in [2.45, 2.75) is 12.5 Å². The highest BCUT2D eigenvalue weighted by Gasteiger charge is 2.17. The lowest BCUT2D eigenvalue weighted by Gasteiger charge is -2.08. The van der Waals surface area contributed by atoms with Crippen LogP contribution in [0.15, 0.2) is 35.4 Å². The monoisotopic (exact) mass is 205 g/mol. The van der Waals surface area contributed by atoms with Gasteiger partial charge in [0.05, 0.1) is 7.11 Å². The second-order valence-electron chi connectivity index (χ2n) is 2.93. The maximum atomic E-state index is 11.2. The minimum absolute atomic E-state index is 0.359. The molecule has 0 amide bonds. The average Bonchev–Trinajstić information content (AvgIpc) is 2.29. The van der Waals surface area contributed by atoms with Crippen LogP contribution in [0.4, 0.5) is 0 Å². The van der Waals surface area contributed by atoms with E-state index in [2.05, 4.69) is 14.8 Å². The summed E-state index contributed by atoms with van der Waals surface area (Å²) in [5.74, 6) is -0.517. The molecule has 0 radical (unpaired) electrons. The maximum absolute atomic E-state index is 11.2. The molecule has 0 aromatic heterocycles. The molecule has 1 atom stereocenters. The van der Waals surface area contributed by atoms with Crippen LogP contribution in [0.3, 0.4) is 0 Å². The van der Waals surface area contributed by atoms with Crippen molar-refractivity contribution in [3.8, 4) is 0 Å². The zero-order valence-electron chi connectivity index (χ0n) is 8.33. The van der Waals surface area contributed by atoms with Gasteiger partial charge in [-0.05, 0) is 17.5 Å². The van der Waals surface area contributed by atoms with Gasteiger partial charge >= 0.3 is 5.97 Å². The van der Waals surface area contributed by atoms with Gasteiger partial charge in [-0.1, -0.05) is 35.4 Å². The molecule has 0 aliphatic heterocycles. The highest BCUT2D eigenvalue weighted by atomic mass is 16.5. The lowest BCUT2D eigenvalue weighted by molar-refractivity contribution is -0.142. The van der Waals surface area contributed by atoms with Gasteiger partial charge < -0.3 is 4.74 Å². The summed E-state index contributed by atoms with van der Waals surface area (Å²) < 4.78 is 4.53. The molecule has 0 aliphatic rings. The third-order valence-corrected chi connectivity index (χ3v) is 1.94. The fourth-order valence-electron chi connectivity index (χ4n) is 1.21. The largest absolute Gasteiger partial charge is 0.469 e. The summed E-state index contributed by atoms with van der Waals surface area (Å²) in [7, 11) is 1.27. The third-order valence-electron chi connectivity index (χ3n) is 1.94. The number of hydrogen-bond donors (Lipinski definition) is 0. The second kappa shape index (κ2) is 5.67. The van der Waals surface area contributed by atoms with E-state index in [1.165, 1.54) is 7.11 Å². The van der Waals surface area contributed by atoms with Crippen molar-refractivity contribution in [2.75, 3.05) is 7.11 Å². The van der Waals surface area contributed by atoms with Crippen molar-refractivity contribution in [1.29, 1.82) is 0 Å². The van der Waals surface area contributed by atoms with Crippen LogP contribution in [-0.4, -0.2) is 19.1 Å². The van der Waals surface area contributed by atoms with Crippen molar-refractivity contribution < 1.29 is 9.53 Å². The van der Waals surface area contributed by atoms with E-state index in [-0.39, 0.29) is 0 Å². The molecular weight excluding hydrogens is 194 g/mol. The Morgan fingerprint density at radius 3 is 2.73 bits per heavy atom. The molecule has 1 unspecified atom stereocenters. The highest BCUT2D eigenvalue weighted by molar-refractivity contribution is 5.76. The molecular formula is C10H11N3O2. The van der Waals surface area contributed by atoms with E-state index >= 15 is 0 Å². The Kier molecular flexibility index (Phi) is 4.19. The van der Waals surface area contributed by atoms with Gasteiger partial charge in [-0.15, -0.1) is 0 Å². The molecule has 5 nitrogen and oxygen atoms in total. The van der Waals surface area contributed by atoms with Crippen LogP contribution >= 0.6 is 0 Å². The molecule has 78 valence electrons. The first-order valence-corrected chi connectivity index (χ1v) is 4.44. The molecule has 0 saturated heterocycles. The summed E-state index contributed by atoms with van der Waals surface area (Å²) in [6.45, 7) is 0. The summed E-state index contributed by atoms with van der Waals surface area (Å²) in [5, 5.41) is 3.40. The summed E-state index contributed by atoms with van der Waals surface area (Å²) in [6.07, 6.45) is 0.359. The molecule has 1 aromatic carbocycles. The first-order valence-electron chi connectivity index (χ1n) is 4.44. The molecule has 0 saturated carbocycles. The van der Waals surface area contributed by atoms with E-state index in [9.17, 15) is 4.79 Å². The molecule has 1 rings (SSSR count). The van der Waals surface area contributed by atoms with Crippen LogP contribution in [0.2, 0.25) is 0 Å². The van der Waals surface area contributed by atoms with Gasteiger partial charge in [0, 0.05) is 4.91 Å². The summed E-state index contributed by atoms with van der Waals surface area (Å²) in [4.78, 5) is 13.8. The van der Waals surface area contributed by atoms with Gasteiger partial charge in [-0.3, -0.25) is 4.79 Å². The fourth-order valence-corrected chi connectivity index (χ4v) is 1.21. The van der Waals surface area contributed by atoms with Crippen molar-refractivity contribution in [2.24, 2.45) is 5.11 Å².